The van der Waals surface area contributed by atoms with Gasteiger partial charge in [0, 0.05) is 0 Å². The van der Waals surface area contributed by atoms with Crippen LogP contribution < -0.4 is 0 Å². The molecule has 0 amide bonds. The van der Waals surface area contributed by atoms with E-state index in [0.29, 0.717) is 6.42 Å². The number of hydrogen-bond donors (Lipinski definition) is 0. The summed E-state index contributed by atoms with van der Waals surface area (Å²) in [5.74, 6) is -5.47. The Morgan fingerprint density at radius 1 is 1.06 bits per heavy atom. The molecule has 2 heterocycles. The van der Waals surface area contributed by atoms with Crippen LogP contribution in [0.25, 0.3) is 0 Å². The van der Waals surface area contributed by atoms with Crippen molar-refractivity contribution in [1.82, 2.24) is 0 Å². The molecule has 0 aromatic carbocycles. The van der Waals surface area contributed by atoms with Gasteiger partial charge in [0.05, 0.1) is 24.2 Å². The van der Waals surface area contributed by atoms with Gasteiger partial charge in [-0.2, -0.15) is 0 Å². The second kappa shape index (κ2) is 3.70. The number of cyclic esters (lactones) is 4. The molecule has 2 rings (SSSR count). The lowest BCUT2D eigenvalue weighted by Gasteiger charge is -2.34. The maximum absolute atomic E-state index is 11.5. The Hall–Kier alpha value is -1.72. The predicted molar refractivity (Wildman–Crippen MR) is 47.6 cm³/mol. The molecule has 0 aliphatic carbocycles. The van der Waals surface area contributed by atoms with Crippen molar-refractivity contribution in [2.75, 3.05) is 0 Å². The Labute approximate surface area is 90.9 Å². The van der Waals surface area contributed by atoms with Crippen LogP contribution in [0, 0.1) is 17.8 Å². The summed E-state index contributed by atoms with van der Waals surface area (Å²) in [7, 11) is 0. The zero-order valence-electron chi connectivity index (χ0n) is 8.60. The van der Waals surface area contributed by atoms with Crippen LogP contribution in [0.4, 0.5) is 0 Å². The summed E-state index contributed by atoms with van der Waals surface area (Å²) in [4.78, 5) is 45.3. The van der Waals surface area contributed by atoms with Crippen molar-refractivity contribution in [2.24, 2.45) is 17.8 Å². The van der Waals surface area contributed by atoms with Crippen molar-refractivity contribution < 1.29 is 28.7 Å². The van der Waals surface area contributed by atoms with Gasteiger partial charge in [0.15, 0.2) is 0 Å². The number of carbonyl (C=O) groups excluding carboxylic acids is 4. The number of fused-ring (bicyclic) bond motifs is 1. The highest BCUT2D eigenvalue weighted by Crippen LogP contribution is 2.37. The zero-order valence-corrected chi connectivity index (χ0v) is 8.60. The Balaban J connectivity index is 2.34. The van der Waals surface area contributed by atoms with E-state index in [1.165, 1.54) is 0 Å². The Bertz CT molecular complexity index is 385. The molecule has 86 valence electrons. The van der Waals surface area contributed by atoms with Gasteiger partial charge in [-0.15, -0.1) is 0 Å². The SMILES string of the molecule is CCC1C(=O)OC(=O)C2CC(=O)OC(=O)C12. The summed E-state index contributed by atoms with van der Waals surface area (Å²) < 4.78 is 8.96. The van der Waals surface area contributed by atoms with Crippen molar-refractivity contribution in [3.8, 4) is 0 Å². The van der Waals surface area contributed by atoms with Crippen LogP contribution >= 0.6 is 0 Å². The first kappa shape index (κ1) is 10.8. The van der Waals surface area contributed by atoms with Crippen molar-refractivity contribution in [1.29, 1.82) is 0 Å². The van der Waals surface area contributed by atoms with Crippen molar-refractivity contribution in [2.45, 2.75) is 19.8 Å². The summed E-state index contributed by atoms with van der Waals surface area (Å²) in [5.41, 5.74) is 0. The maximum Gasteiger partial charge on any atom is 0.318 e. The molecule has 3 atom stereocenters. The normalized spacial score (nSPS) is 34.2. The van der Waals surface area contributed by atoms with E-state index in [0.717, 1.165) is 0 Å². The minimum atomic E-state index is -0.864. The monoisotopic (exact) mass is 226 g/mol. The zero-order chi connectivity index (χ0) is 11.9. The number of ether oxygens (including phenoxy) is 2. The third-order valence-corrected chi connectivity index (χ3v) is 2.99. The molecule has 0 aromatic rings. The molecule has 2 fully saturated rings. The van der Waals surface area contributed by atoms with Crippen LogP contribution in [0.15, 0.2) is 0 Å². The van der Waals surface area contributed by atoms with Crippen LogP contribution in [0.5, 0.6) is 0 Å². The fourth-order valence-corrected chi connectivity index (χ4v) is 2.19. The predicted octanol–water partition coefficient (Wildman–Crippen LogP) is -0.198. The molecule has 0 spiro atoms. The van der Waals surface area contributed by atoms with Gasteiger partial charge in [-0.1, -0.05) is 6.92 Å². The first-order valence-electron chi connectivity index (χ1n) is 5.04. The molecule has 0 N–H and O–H groups in total. The van der Waals surface area contributed by atoms with E-state index < -0.39 is 41.6 Å². The second-order valence-electron chi connectivity index (χ2n) is 3.88. The summed E-state index contributed by atoms with van der Waals surface area (Å²) in [6, 6.07) is 0. The highest BCUT2D eigenvalue weighted by atomic mass is 16.6. The fraction of sp³-hybridized carbons (Fsp3) is 0.600. The fourth-order valence-electron chi connectivity index (χ4n) is 2.19. The van der Waals surface area contributed by atoms with Crippen LogP contribution in [0.3, 0.4) is 0 Å². The number of carbonyl (C=O) groups is 4. The molecule has 6 heteroatoms. The maximum atomic E-state index is 11.5. The van der Waals surface area contributed by atoms with E-state index >= 15 is 0 Å². The van der Waals surface area contributed by atoms with Gasteiger partial charge in [0.2, 0.25) is 0 Å². The molecule has 16 heavy (non-hydrogen) atoms. The Morgan fingerprint density at radius 2 is 1.75 bits per heavy atom. The van der Waals surface area contributed by atoms with Gasteiger partial charge in [0.1, 0.15) is 0 Å². The van der Waals surface area contributed by atoms with Crippen molar-refractivity contribution in [3.05, 3.63) is 0 Å². The minimum Gasteiger partial charge on any atom is -0.393 e. The van der Waals surface area contributed by atoms with Crippen molar-refractivity contribution >= 4 is 23.9 Å². The highest BCUT2D eigenvalue weighted by Gasteiger charge is 2.53. The summed E-state index contributed by atoms with van der Waals surface area (Å²) >= 11 is 0. The van der Waals surface area contributed by atoms with Crippen LogP contribution in [0.2, 0.25) is 0 Å². The third kappa shape index (κ3) is 1.50. The molecule has 2 aliphatic rings. The van der Waals surface area contributed by atoms with E-state index in [1.807, 2.05) is 0 Å². The first-order valence-corrected chi connectivity index (χ1v) is 5.04. The molecule has 0 radical (unpaired) electrons. The smallest absolute Gasteiger partial charge is 0.318 e. The van der Waals surface area contributed by atoms with Crippen LogP contribution in [-0.2, 0) is 28.7 Å². The summed E-state index contributed by atoms with van der Waals surface area (Å²) in [5, 5.41) is 0. The topological polar surface area (TPSA) is 86.7 Å². The highest BCUT2D eigenvalue weighted by molar-refractivity contribution is 6.02. The number of rotatable bonds is 1. The molecule has 2 saturated heterocycles. The number of hydrogen-bond acceptors (Lipinski definition) is 6. The average Bonchev–Trinajstić information content (AvgIpc) is 2.20. The molecule has 2 aliphatic heterocycles. The van der Waals surface area contributed by atoms with Gasteiger partial charge in [0.25, 0.3) is 0 Å². The van der Waals surface area contributed by atoms with Gasteiger partial charge in [-0.25, -0.2) is 0 Å². The first-order chi connectivity index (χ1) is 7.54. The van der Waals surface area contributed by atoms with E-state index in [4.69, 9.17) is 0 Å². The molecule has 0 aromatic heterocycles. The average molecular weight is 226 g/mol. The molecule has 6 nitrogen and oxygen atoms in total. The van der Waals surface area contributed by atoms with E-state index in [2.05, 4.69) is 9.47 Å². The molecule has 3 unspecified atom stereocenters. The quantitative estimate of drug-likeness (QED) is 0.454. The van der Waals surface area contributed by atoms with Gasteiger partial charge in [-0.3, -0.25) is 19.2 Å². The molecule has 0 bridgehead atoms. The molecular formula is C10H10O6. The lowest BCUT2D eigenvalue weighted by molar-refractivity contribution is -0.193. The van der Waals surface area contributed by atoms with Gasteiger partial charge in [-0.05, 0) is 6.42 Å². The molecule has 0 saturated carbocycles. The minimum absolute atomic E-state index is 0.195. The number of esters is 4. The lowest BCUT2D eigenvalue weighted by atomic mass is 9.75. The van der Waals surface area contributed by atoms with Crippen LogP contribution in [0.1, 0.15) is 19.8 Å². The van der Waals surface area contributed by atoms with E-state index in [-0.39, 0.29) is 6.42 Å². The standard InChI is InChI=1S/C10H10O6/c1-2-4-7-5(9(13)16-8(4)12)3-6(11)15-10(7)14/h4-5,7H,2-3H2,1H3. The molecular weight excluding hydrogens is 216 g/mol. The largest absolute Gasteiger partial charge is 0.393 e. The van der Waals surface area contributed by atoms with Gasteiger partial charge < -0.3 is 9.47 Å². The second-order valence-corrected chi connectivity index (χ2v) is 3.88. The van der Waals surface area contributed by atoms with E-state index in [9.17, 15) is 19.2 Å². The summed E-state index contributed by atoms with van der Waals surface area (Å²) in [6.07, 6.45) is 0.176. The third-order valence-electron chi connectivity index (χ3n) is 2.99. The van der Waals surface area contributed by atoms with Crippen molar-refractivity contribution in [3.63, 3.8) is 0 Å². The van der Waals surface area contributed by atoms with Crippen LogP contribution in [-0.4, -0.2) is 23.9 Å². The Kier molecular flexibility index (Phi) is 2.49. The lowest BCUT2D eigenvalue weighted by Crippen LogP contribution is -2.50. The van der Waals surface area contributed by atoms with E-state index in [1.54, 1.807) is 6.92 Å². The Morgan fingerprint density at radius 3 is 2.38 bits per heavy atom. The summed E-state index contributed by atoms with van der Waals surface area (Å²) in [6.45, 7) is 1.71. The van der Waals surface area contributed by atoms with Gasteiger partial charge >= 0.3 is 23.9 Å².